The lowest BCUT2D eigenvalue weighted by Gasteiger charge is -2.19. The first-order valence-electron chi connectivity index (χ1n) is 8.57. The largest absolute Gasteiger partial charge is 0.377 e. The van der Waals surface area contributed by atoms with Crippen LogP contribution in [0.15, 0.2) is 83.8 Å². The lowest BCUT2D eigenvalue weighted by molar-refractivity contribution is 0.258. The number of carbonyl (C=O) groups is 1. The Morgan fingerprint density at radius 3 is 2.18 bits per heavy atom. The quantitative estimate of drug-likeness (QED) is 0.647. The second-order valence-electron chi connectivity index (χ2n) is 6.17. The molecule has 0 bridgehead atoms. The Bertz CT molecular complexity index is 1070. The third kappa shape index (κ3) is 4.50. The number of aryl methyl sites for hydroxylation is 1. The number of benzene rings is 3. The van der Waals surface area contributed by atoms with Gasteiger partial charge >= 0.3 is 16.1 Å². The number of hydrogen-bond donors (Lipinski definition) is 1. The number of hydrogen-bond acceptors (Lipinski definition) is 4. The zero-order chi connectivity index (χ0) is 20.1. The molecule has 144 valence electrons. The first-order valence-corrected chi connectivity index (χ1v) is 9.97. The number of rotatable bonds is 5. The molecule has 0 unspecified atom stereocenters. The first-order chi connectivity index (χ1) is 13.4. The van der Waals surface area contributed by atoms with E-state index in [0.717, 1.165) is 5.56 Å². The molecule has 1 N–H and O–H groups in total. The number of urea groups is 1. The maximum Gasteiger partial charge on any atom is 0.339 e. The van der Waals surface area contributed by atoms with Gasteiger partial charge in [0.2, 0.25) is 0 Å². The number of amides is 2. The van der Waals surface area contributed by atoms with E-state index < -0.39 is 16.1 Å². The van der Waals surface area contributed by atoms with Gasteiger partial charge in [-0.05, 0) is 43.3 Å². The highest BCUT2D eigenvalue weighted by molar-refractivity contribution is 7.87. The summed E-state index contributed by atoms with van der Waals surface area (Å²) >= 11 is 0. The van der Waals surface area contributed by atoms with Crippen molar-refractivity contribution in [3.8, 4) is 5.75 Å². The molecule has 0 radical (unpaired) electrons. The van der Waals surface area contributed by atoms with Crippen molar-refractivity contribution < 1.29 is 17.4 Å². The van der Waals surface area contributed by atoms with Gasteiger partial charge in [0.05, 0.1) is 5.69 Å². The molecule has 28 heavy (non-hydrogen) atoms. The second-order valence-corrected chi connectivity index (χ2v) is 7.72. The fourth-order valence-corrected chi connectivity index (χ4v) is 3.43. The molecular formula is C21H20N2O4S. The van der Waals surface area contributed by atoms with Crippen LogP contribution in [0, 0.1) is 6.92 Å². The Labute approximate surface area is 164 Å². The lowest BCUT2D eigenvalue weighted by Crippen LogP contribution is -2.31. The van der Waals surface area contributed by atoms with Crippen LogP contribution >= 0.6 is 0 Å². The van der Waals surface area contributed by atoms with Crippen LogP contribution in [0.3, 0.4) is 0 Å². The first kappa shape index (κ1) is 19.4. The smallest absolute Gasteiger partial charge is 0.339 e. The molecule has 0 saturated carbocycles. The predicted octanol–water partition coefficient (Wildman–Crippen LogP) is 4.43. The summed E-state index contributed by atoms with van der Waals surface area (Å²) in [5.74, 6) is 0.0397. The summed E-state index contributed by atoms with van der Waals surface area (Å²) < 4.78 is 30.4. The van der Waals surface area contributed by atoms with Crippen molar-refractivity contribution in [1.82, 2.24) is 0 Å². The fraction of sp³-hybridized carbons (Fsp3) is 0.0952. The van der Waals surface area contributed by atoms with Gasteiger partial charge < -0.3 is 9.50 Å². The van der Waals surface area contributed by atoms with Gasteiger partial charge in [-0.2, -0.15) is 8.42 Å². The van der Waals surface area contributed by atoms with E-state index in [4.69, 9.17) is 4.18 Å². The molecule has 3 aromatic rings. The van der Waals surface area contributed by atoms with Crippen LogP contribution in [0.1, 0.15) is 5.56 Å². The van der Waals surface area contributed by atoms with Gasteiger partial charge in [0, 0.05) is 12.7 Å². The highest BCUT2D eigenvalue weighted by atomic mass is 32.2. The number of anilines is 2. The van der Waals surface area contributed by atoms with Crippen molar-refractivity contribution >= 4 is 27.5 Å². The highest BCUT2D eigenvalue weighted by Gasteiger charge is 2.20. The van der Waals surface area contributed by atoms with E-state index >= 15 is 0 Å². The van der Waals surface area contributed by atoms with Crippen molar-refractivity contribution in [2.75, 3.05) is 17.3 Å². The zero-order valence-electron chi connectivity index (χ0n) is 15.5. The molecule has 0 aromatic heterocycles. The zero-order valence-corrected chi connectivity index (χ0v) is 16.3. The third-order valence-corrected chi connectivity index (χ3v) is 5.33. The van der Waals surface area contributed by atoms with Crippen molar-refractivity contribution in [2.45, 2.75) is 11.8 Å². The lowest BCUT2D eigenvalue weighted by atomic mass is 10.2. The summed E-state index contributed by atoms with van der Waals surface area (Å²) in [6.07, 6.45) is 0. The Morgan fingerprint density at radius 2 is 1.50 bits per heavy atom. The average Bonchev–Trinajstić information content (AvgIpc) is 2.69. The van der Waals surface area contributed by atoms with Crippen LogP contribution in [0.2, 0.25) is 0 Å². The van der Waals surface area contributed by atoms with Crippen LogP contribution in [0.25, 0.3) is 0 Å². The Morgan fingerprint density at radius 1 is 0.893 bits per heavy atom. The van der Waals surface area contributed by atoms with E-state index in [1.54, 1.807) is 49.5 Å². The van der Waals surface area contributed by atoms with Crippen LogP contribution in [-0.2, 0) is 10.1 Å². The van der Waals surface area contributed by atoms with E-state index in [9.17, 15) is 13.2 Å². The molecule has 0 aliphatic heterocycles. The van der Waals surface area contributed by atoms with Gasteiger partial charge in [-0.15, -0.1) is 0 Å². The van der Waals surface area contributed by atoms with Gasteiger partial charge in [0.15, 0.2) is 5.75 Å². The number of nitrogens with one attached hydrogen (secondary N) is 1. The molecular weight excluding hydrogens is 376 g/mol. The average molecular weight is 396 g/mol. The molecule has 7 heteroatoms. The van der Waals surface area contributed by atoms with E-state index in [1.807, 2.05) is 25.1 Å². The standard InChI is InChI=1S/C21H20N2O4S/c1-16-12-14-18(15-13-16)28(25,26)27-20-11-7-6-10-19(20)22-21(24)23(2)17-8-4-3-5-9-17/h3-15H,1-2H3,(H,22,24). The Hall–Kier alpha value is -3.32. The molecule has 0 saturated heterocycles. The van der Waals surface area contributed by atoms with Crippen LogP contribution in [0.5, 0.6) is 5.75 Å². The van der Waals surface area contributed by atoms with Crippen LogP contribution in [0.4, 0.5) is 16.2 Å². The molecule has 0 fully saturated rings. The van der Waals surface area contributed by atoms with Crippen molar-refractivity contribution in [3.63, 3.8) is 0 Å². The maximum atomic E-state index is 12.6. The van der Waals surface area contributed by atoms with Crippen LogP contribution in [-0.4, -0.2) is 21.5 Å². The molecule has 0 aliphatic carbocycles. The molecule has 6 nitrogen and oxygen atoms in total. The predicted molar refractivity (Wildman–Crippen MR) is 109 cm³/mol. The molecule has 0 heterocycles. The molecule has 3 rings (SSSR count). The highest BCUT2D eigenvalue weighted by Crippen LogP contribution is 2.28. The van der Waals surface area contributed by atoms with Crippen molar-refractivity contribution in [1.29, 1.82) is 0 Å². The summed E-state index contributed by atoms with van der Waals surface area (Å²) in [6.45, 7) is 1.87. The Kier molecular flexibility index (Phi) is 5.65. The Balaban J connectivity index is 1.81. The minimum atomic E-state index is -4.03. The SMILES string of the molecule is Cc1ccc(S(=O)(=O)Oc2ccccc2NC(=O)N(C)c2ccccc2)cc1. The normalized spacial score (nSPS) is 10.9. The third-order valence-electron chi connectivity index (χ3n) is 4.09. The topological polar surface area (TPSA) is 75.7 Å². The number of nitrogens with zero attached hydrogens (tertiary/aromatic N) is 1. The summed E-state index contributed by atoms with van der Waals surface area (Å²) in [5.41, 5.74) is 1.90. The van der Waals surface area contributed by atoms with Gasteiger partial charge in [-0.25, -0.2) is 4.79 Å². The molecule has 2 amide bonds. The van der Waals surface area contributed by atoms with E-state index in [-0.39, 0.29) is 16.3 Å². The second kappa shape index (κ2) is 8.14. The molecule has 3 aromatic carbocycles. The van der Waals surface area contributed by atoms with Crippen molar-refractivity contribution in [2.24, 2.45) is 0 Å². The summed E-state index contributed by atoms with van der Waals surface area (Å²) in [4.78, 5) is 14.0. The summed E-state index contributed by atoms with van der Waals surface area (Å²) in [5, 5.41) is 2.69. The molecule has 0 spiro atoms. The van der Waals surface area contributed by atoms with Crippen LogP contribution < -0.4 is 14.4 Å². The van der Waals surface area contributed by atoms with Gasteiger partial charge in [0.25, 0.3) is 0 Å². The van der Waals surface area contributed by atoms with Gasteiger partial charge in [-0.3, -0.25) is 4.90 Å². The van der Waals surface area contributed by atoms with Crippen molar-refractivity contribution in [3.05, 3.63) is 84.4 Å². The van der Waals surface area contributed by atoms with E-state index in [1.165, 1.54) is 23.1 Å². The minimum Gasteiger partial charge on any atom is -0.377 e. The summed E-state index contributed by atoms with van der Waals surface area (Å²) in [7, 11) is -2.40. The molecule has 0 aliphatic rings. The monoisotopic (exact) mass is 396 g/mol. The number of carbonyl (C=O) groups excluding carboxylic acids is 1. The van der Waals surface area contributed by atoms with Gasteiger partial charge in [0.1, 0.15) is 4.90 Å². The fourth-order valence-electron chi connectivity index (χ4n) is 2.48. The van der Waals surface area contributed by atoms with E-state index in [2.05, 4.69) is 5.32 Å². The van der Waals surface area contributed by atoms with Gasteiger partial charge in [-0.1, -0.05) is 48.0 Å². The molecule has 0 atom stereocenters. The number of para-hydroxylation sites is 3. The summed E-state index contributed by atoms with van der Waals surface area (Å²) in [6, 6.07) is 21.4. The van der Waals surface area contributed by atoms with E-state index in [0.29, 0.717) is 5.69 Å². The maximum absolute atomic E-state index is 12.6. The minimum absolute atomic E-state index is 0.0397.